The minimum Gasteiger partial charge on any atom is -0.308 e. The van der Waals surface area contributed by atoms with Crippen molar-refractivity contribution >= 4 is 21.5 Å². The number of sulfonamides is 1. The van der Waals surface area contributed by atoms with Crippen LogP contribution in [-0.4, -0.2) is 19.9 Å². The van der Waals surface area contributed by atoms with Gasteiger partial charge in [0, 0.05) is 12.7 Å². The number of nitrogens with two attached hydrogens (primary N) is 1. The van der Waals surface area contributed by atoms with E-state index in [1.807, 2.05) is 6.07 Å². The van der Waals surface area contributed by atoms with Gasteiger partial charge in [-0.3, -0.25) is 4.31 Å². The van der Waals surface area contributed by atoms with E-state index in [1.165, 1.54) is 22.6 Å². The van der Waals surface area contributed by atoms with Crippen LogP contribution < -0.4 is 15.6 Å². The molecule has 2 aromatic rings. The molecule has 0 fully saturated rings. The van der Waals surface area contributed by atoms with Gasteiger partial charge in [0.2, 0.25) is 0 Å². The van der Waals surface area contributed by atoms with Crippen molar-refractivity contribution in [2.45, 2.75) is 11.8 Å². The lowest BCUT2D eigenvalue weighted by Gasteiger charge is -2.22. The summed E-state index contributed by atoms with van der Waals surface area (Å²) in [6.45, 7) is 2.12. The first-order valence-corrected chi connectivity index (χ1v) is 7.54. The lowest BCUT2D eigenvalue weighted by atomic mass is 10.3. The van der Waals surface area contributed by atoms with Gasteiger partial charge in [-0.2, -0.15) is 0 Å². The number of para-hydroxylation sites is 1. The molecule has 0 radical (unpaired) electrons. The second kappa shape index (κ2) is 5.89. The summed E-state index contributed by atoms with van der Waals surface area (Å²) in [4.78, 5) is 4.06. The number of nitrogen functional groups attached to an aromatic ring is 1. The molecule has 3 N–H and O–H groups in total. The summed E-state index contributed by atoms with van der Waals surface area (Å²) in [7, 11) is -3.63. The number of nitrogens with one attached hydrogen (secondary N) is 1. The molecule has 0 aliphatic rings. The van der Waals surface area contributed by atoms with Crippen LogP contribution in [-0.2, 0) is 10.0 Å². The summed E-state index contributed by atoms with van der Waals surface area (Å²) in [6.07, 6.45) is 1.29. The molecule has 0 saturated heterocycles. The lowest BCUT2D eigenvalue weighted by Crippen LogP contribution is -2.30. The topological polar surface area (TPSA) is 88.3 Å². The number of hydrazine groups is 1. The van der Waals surface area contributed by atoms with Gasteiger partial charge in [-0.25, -0.2) is 19.2 Å². The maximum Gasteiger partial charge on any atom is 0.265 e. The number of hydrogen-bond acceptors (Lipinski definition) is 5. The Bertz CT molecular complexity index is 657. The van der Waals surface area contributed by atoms with Crippen molar-refractivity contribution in [2.24, 2.45) is 5.84 Å². The van der Waals surface area contributed by atoms with Crippen LogP contribution in [0.4, 0.5) is 11.5 Å². The van der Waals surface area contributed by atoms with Crippen LogP contribution in [0.25, 0.3) is 0 Å². The summed E-state index contributed by atoms with van der Waals surface area (Å²) in [5.41, 5.74) is 2.98. The Morgan fingerprint density at radius 3 is 2.40 bits per heavy atom. The van der Waals surface area contributed by atoms with Crippen molar-refractivity contribution in [1.29, 1.82) is 0 Å². The van der Waals surface area contributed by atoms with E-state index in [0.29, 0.717) is 18.1 Å². The zero-order valence-electron chi connectivity index (χ0n) is 11.0. The third-order valence-corrected chi connectivity index (χ3v) is 4.69. The zero-order valence-corrected chi connectivity index (χ0v) is 11.8. The third kappa shape index (κ3) is 2.73. The summed E-state index contributed by atoms with van der Waals surface area (Å²) in [5, 5.41) is 0. The minimum atomic E-state index is -3.63. The molecular formula is C13H16N4O2S. The molecule has 1 heterocycles. The molecule has 0 unspecified atom stereocenters. The zero-order chi connectivity index (χ0) is 14.6. The summed E-state index contributed by atoms with van der Waals surface area (Å²) in [6, 6.07) is 11.9. The molecule has 0 bridgehead atoms. The van der Waals surface area contributed by atoms with Crippen LogP contribution in [0.15, 0.2) is 53.6 Å². The van der Waals surface area contributed by atoms with E-state index in [1.54, 1.807) is 31.2 Å². The van der Waals surface area contributed by atoms with Crippen LogP contribution in [0.3, 0.4) is 0 Å². The molecule has 0 aliphatic carbocycles. The van der Waals surface area contributed by atoms with E-state index in [9.17, 15) is 8.42 Å². The van der Waals surface area contributed by atoms with Crippen molar-refractivity contribution in [2.75, 3.05) is 16.3 Å². The number of rotatable bonds is 5. The summed E-state index contributed by atoms with van der Waals surface area (Å²) in [5.74, 6) is 5.62. The van der Waals surface area contributed by atoms with E-state index < -0.39 is 10.0 Å². The highest BCUT2D eigenvalue weighted by Crippen LogP contribution is 2.23. The SMILES string of the molecule is CCN(c1ccccc1)S(=O)(=O)c1ccc(NN)nc1. The lowest BCUT2D eigenvalue weighted by molar-refractivity contribution is 0.591. The van der Waals surface area contributed by atoms with Gasteiger partial charge in [-0.15, -0.1) is 0 Å². The monoisotopic (exact) mass is 292 g/mol. The molecule has 0 aliphatic heterocycles. The molecular weight excluding hydrogens is 276 g/mol. The Labute approximate surface area is 118 Å². The summed E-state index contributed by atoms with van der Waals surface area (Å²) >= 11 is 0. The fraction of sp³-hybridized carbons (Fsp3) is 0.154. The van der Waals surface area contributed by atoms with Crippen LogP contribution in [0, 0.1) is 0 Å². The van der Waals surface area contributed by atoms with Gasteiger partial charge in [-0.05, 0) is 31.2 Å². The fourth-order valence-corrected chi connectivity index (χ4v) is 3.25. The van der Waals surface area contributed by atoms with Gasteiger partial charge in [0.25, 0.3) is 10.0 Å². The number of aromatic nitrogens is 1. The Morgan fingerprint density at radius 1 is 1.20 bits per heavy atom. The Balaban J connectivity index is 2.41. The molecule has 0 amide bonds. The molecule has 0 atom stereocenters. The molecule has 0 spiro atoms. The Kier molecular flexibility index (Phi) is 4.21. The molecule has 1 aromatic carbocycles. The number of pyridine rings is 1. The average Bonchev–Trinajstić information content (AvgIpc) is 2.49. The van der Waals surface area contributed by atoms with Gasteiger partial charge in [0.15, 0.2) is 0 Å². The second-order valence-electron chi connectivity index (χ2n) is 4.03. The van der Waals surface area contributed by atoms with Gasteiger partial charge < -0.3 is 5.43 Å². The van der Waals surface area contributed by atoms with Crippen LogP contribution in [0.2, 0.25) is 0 Å². The van der Waals surface area contributed by atoms with E-state index in [0.717, 1.165) is 0 Å². The molecule has 6 nitrogen and oxygen atoms in total. The van der Waals surface area contributed by atoms with E-state index >= 15 is 0 Å². The first-order chi connectivity index (χ1) is 9.59. The largest absolute Gasteiger partial charge is 0.308 e. The maximum absolute atomic E-state index is 12.6. The predicted molar refractivity (Wildman–Crippen MR) is 78.7 cm³/mol. The Morgan fingerprint density at radius 2 is 1.90 bits per heavy atom. The highest BCUT2D eigenvalue weighted by molar-refractivity contribution is 7.92. The second-order valence-corrected chi connectivity index (χ2v) is 5.89. The van der Waals surface area contributed by atoms with Crippen molar-refractivity contribution in [3.05, 3.63) is 48.7 Å². The highest BCUT2D eigenvalue weighted by atomic mass is 32.2. The van der Waals surface area contributed by atoms with Crippen molar-refractivity contribution in [3.8, 4) is 0 Å². The van der Waals surface area contributed by atoms with Crippen molar-refractivity contribution in [1.82, 2.24) is 4.98 Å². The van der Waals surface area contributed by atoms with Gasteiger partial charge in [0.1, 0.15) is 10.7 Å². The normalized spacial score (nSPS) is 11.1. The van der Waals surface area contributed by atoms with Gasteiger partial charge in [-0.1, -0.05) is 18.2 Å². The van der Waals surface area contributed by atoms with E-state index in [2.05, 4.69) is 10.4 Å². The molecule has 0 saturated carbocycles. The predicted octanol–water partition coefficient (Wildman–Crippen LogP) is 1.58. The quantitative estimate of drug-likeness (QED) is 0.645. The average molecular weight is 292 g/mol. The number of anilines is 2. The van der Waals surface area contributed by atoms with Crippen molar-refractivity contribution < 1.29 is 8.42 Å². The Hall–Kier alpha value is -2.12. The highest BCUT2D eigenvalue weighted by Gasteiger charge is 2.23. The number of benzene rings is 1. The van der Waals surface area contributed by atoms with Gasteiger partial charge in [0.05, 0.1) is 5.69 Å². The molecule has 1 aromatic heterocycles. The molecule has 20 heavy (non-hydrogen) atoms. The smallest absolute Gasteiger partial charge is 0.265 e. The van der Waals surface area contributed by atoms with E-state index in [4.69, 9.17) is 5.84 Å². The van der Waals surface area contributed by atoms with Crippen LogP contribution in [0.5, 0.6) is 0 Å². The van der Waals surface area contributed by atoms with Crippen LogP contribution in [0.1, 0.15) is 6.92 Å². The third-order valence-electron chi connectivity index (χ3n) is 2.80. The minimum absolute atomic E-state index is 0.127. The molecule has 106 valence electrons. The first kappa shape index (κ1) is 14.3. The standard InChI is InChI=1S/C13H16N4O2S/c1-2-17(11-6-4-3-5-7-11)20(18,19)12-8-9-13(16-14)15-10-12/h3-10H,2,14H2,1H3,(H,15,16). The van der Waals surface area contributed by atoms with Crippen molar-refractivity contribution in [3.63, 3.8) is 0 Å². The molecule has 2 rings (SSSR count). The van der Waals surface area contributed by atoms with Gasteiger partial charge >= 0.3 is 0 Å². The number of hydrogen-bond donors (Lipinski definition) is 2. The summed E-state index contributed by atoms with van der Waals surface area (Å²) < 4.78 is 26.5. The van der Waals surface area contributed by atoms with E-state index in [-0.39, 0.29) is 4.90 Å². The van der Waals surface area contributed by atoms with Crippen LogP contribution >= 0.6 is 0 Å². The molecule has 7 heteroatoms. The maximum atomic E-state index is 12.6. The first-order valence-electron chi connectivity index (χ1n) is 6.10. The number of nitrogens with zero attached hydrogens (tertiary/aromatic N) is 2. The fourth-order valence-electron chi connectivity index (χ4n) is 1.83.